The summed E-state index contributed by atoms with van der Waals surface area (Å²) in [7, 11) is 1.75. The van der Waals surface area contributed by atoms with Crippen LogP contribution in [0.4, 0.5) is 0 Å². The smallest absolute Gasteiger partial charge is 0.290 e. The molecule has 0 saturated heterocycles. The lowest BCUT2D eigenvalue weighted by molar-refractivity contribution is -0.340. The van der Waals surface area contributed by atoms with E-state index in [-0.39, 0.29) is 23.7 Å². The predicted molar refractivity (Wildman–Crippen MR) is 155 cm³/mol. The highest BCUT2D eigenvalue weighted by atomic mass is 32.2. The lowest BCUT2D eigenvalue weighted by Gasteiger charge is -2.54. The van der Waals surface area contributed by atoms with Gasteiger partial charge < -0.3 is 15.5 Å². The van der Waals surface area contributed by atoms with Crippen molar-refractivity contribution >= 4 is 29.9 Å². The molecule has 0 radical (unpaired) electrons. The summed E-state index contributed by atoms with van der Waals surface area (Å²) in [5, 5.41) is 7.62. The van der Waals surface area contributed by atoms with Gasteiger partial charge in [-0.25, -0.2) is 0 Å². The molecule has 5 aliphatic carbocycles. The largest absolute Gasteiger partial charge is 0.374 e. The first-order valence-corrected chi connectivity index (χ1v) is 15.7. The molecule has 5 aliphatic rings. The Morgan fingerprint density at radius 3 is 2.05 bits per heavy atom. The lowest BCUT2D eigenvalue weighted by atomic mass is 9.54. The number of allylic oxidation sites excluding steroid dienone is 1. The highest BCUT2D eigenvalue weighted by Crippen LogP contribution is 2.53. The number of carbonyl (C=O) groups excluding carboxylic acids is 3. The molecule has 2 N–H and O–H groups in total. The van der Waals surface area contributed by atoms with Gasteiger partial charge in [-0.2, -0.15) is 0 Å². The average molecular weight is 566 g/mol. The normalized spacial score (nSPS) is 28.7. The monoisotopic (exact) mass is 565 g/mol. The Kier molecular flexibility index (Phi) is 12.2. The Morgan fingerprint density at radius 2 is 1.56 bits per heavy atom. The van der Waals surface area contributed by atoms with E-state index in [1.807, 2.05) is 18.7 Å². The van der Waals surface area contributed by atoms with Crippen molar-refractivity contribution in [3.05, 3.63) is 10.7 Å². The lowest BCUT2D eigenvalue weighted by Crippen LogP contribution is -2.56. The fourth-order valence-electron chi connectivity index (χ4n) is 6.75. The second-order valence-corrected chi connectivity index (χ2v) is 14.8. The van der Waals surface area contributed by atoms with Gasteiger partial charge in [0.15, 0.2) is 0 Å². The van der Waals surface area contributed by atoms with E-state index in [0.717, 1.165) is 16.7 Å². The molecule has 5 saturated carbocycles. The van der Waals surface area contributed by atoms with Gasteiger partial charge in [0, 0.05) is 16.2 Å². The molecular formula is C30H51N3O5S. The van der Waals surface area contributed by atoms with Gasteiger partial charge in [-0.1, -0.05) is 40.0 Å². The van der Waals surface area contributed by atoms with E-state index in [9.17, 15) is 14.4 Å². The Morgan fingerprint density at radius 1 is 0.974 bits per heavy atom. The van der Waals surface area contributed by atoms with Crippen LogP contribution in [0.15, 0.2) is 10.7 Å². The van der Waals surface area contributed by atoms with Crippen molar-refractivity contribution < 1.29 is 24.1 Å². The highest BCUT2D eigenvalue weighted by Gasteiger charge is 2.49. The quantitative estimate of drug-likeness (QED) is 0.150. The number of nitrogens with zero attached hydrogens (tertiary/aromatic N) is 1. The van der Waals surface area contributed by atoms with Crippen molar-refractivity contribution in [1.29, 1.82) is 0 Å². The molecule has 4 bridgehead atoms. The minimum atomic E-state index is -0.0607. The molecule has 5 fully saturated rings. The van der Waals surface area contributed by atoms with Crippen LogP contribution in [0.1, 0.15) is 98.8 Å². The van der Waals surface area contributed by atoms with Crippen LogP contribution < -0.4 is 10.6 Å². The molecule has 39 heavy (non-hydrogen) atoms. The summed E-state index contributed by atoms with van der Waals surface area (Å²) < 4.78 is 0. The minimum Gasteiger partial charge on any atom is -0.374 e. The first-order valence-electron chi connectivity index (χ1n) is 14.8. The van der Waals surface area contributed by atoms with Gasteiger partial charge in [0.1, 0.15) is 5.78 Å². The number of ketones is 1. The first-order chi connectivity index (χ1) is 18.4. The third-order valence-corrected chi connectivity index (χ3v) is 9.62. The summed E-state index contributed by atoms with van der Waals surface area (Å²) in [5.41, 5.74) is 0.0238. The number of nitrogens with one attached hydrogen (secondary N) is 2. The van der Waals surface area contributed by atoms with Crippen LogP contribution in [0, 0.1) is 29.1 Å². The third kappa shape index (κ3) is 10.4. The van der Waals surface area contributed by atoms with Crippen LogP contribution in [0.5, 0.6) is 0 Å². The van der Waals surface area contributed by atoms with Crippen LogP contribution in [-0.4, -0.2) is 54.8 Å². The van der Waals surface area contributed by atoms with Crippen molar-refractivity contribution in [1.82, 2.24) is 15.9 Å². The van der Waals surface area contributed by atoms with Crippen molar-refractivity contribution in [3.8, 4) is 0 Å². The maximum absolute atomic E-state index is 13.6. The SMILES string of the molecule is C/C(SC1CCCCC1)=C(\ON(C)OCC(C)(C)C)C(=O)NC1C2CC3CC(C2)CC1C3.CC(=O)CNC=O. The van der Waals surface area contributed by atoms with E-state index in [2.05, 4.69) is 31.4 Å². The van der Waals surface area contributed by atoms with Gasteiger partial charge in [-0.15, -0.1) is 11.8 Å². The van der Waals surface area contributed by atoms with Crippen LogP contribution >= 0.6 is 11.8 Å². The molecule has 0 heterocycles. The van der Waals surface area contributed by atoms with Crippen LogP contribution in [0.25, 0.3) is 0 Å². The fourth-order valence-corrected chi connectivity index (χ4v) is 8.06. The zero-order valence-electron chi connectivity index (χ0n) is 24.9. The van der Waals surface area contributed by atoms with E-state index < -0.39 is 0 Å². The van der Waals surface area contributed by atoms with Gasteiger partial charge in [0.05, 0.1) is 20.2 Å². The number of hydrogen-bond donors (Lipinski definition) is 2. The molecule has 2 amide bonds. The molecular weight excluding hydrogens is 514 g/mol. The molecule has 0 aromatic heterocycles. The number of hydroxylamine groups is 2. The zero-order valence-corrected chi connectivity index (χ0v) is 25.7. The molecule has 0 unspecified atom stereocenters. The van der Waals surface area contributed by atoms with Crippen molar-refractivity contribution in [2.45, 2.75) is 110 Å². The van der Waals surface area contributed by atoms with Crippen molar-refractivity contribution in [3.63, 3.8) is 0 Å². The van der Waals surface area contributed by atoms with Gasteiger partial charge in [-0.3, -0.25) is 19.2 Å². The highest BCUT2D eigenvalue weighted by molar-refractivity contribution is 8.03. The van der Waals surface area contributed by atoms with Crippen molar-refractivity contribution in [2.75, 3.05) is 20.2 Å². The Hall–Kier alpha value is -1.58. The molecule has 0 spiro atoms. The van der Waals surface area contributed by atoms with Crippen molar-refractivity contribution in [2.24, 2.45) is 29.1 Å². The summed E-state index contributed by atoms with van der Waals surface area (Å²) >= 11 is 1.82. The van der Waals surface area contributed by atoms with Crippen LogP contribution in [0.2, 0.25) is 0 Å². The van der Waals surface area contributed by atoms with Crippen LogP contribution in [-0.2, 0) is 24.1 Å². The average Bonchev–Trinajstić information content (AvgIpc) is 2.87. The number of hydrogen-bond acceptors (Lipinski definition) is 7. The number of Topliss-reactive ketones (excluding diaryl/α,β-unsaturated/α-hetero) is 1. The van der Waals surface area contributed by atoms with Gasteiger partial charge in [0.2, 0.25) is 12.2 Å². The molecule has 9 heteroatoms. The van der Waals surface area contributed by atoms with E-state index in [0.29, 0.717) is 41.9 Å². The Labute approximate surface area is 239 Å². The third-order valence-electron chi connectivity index (χ3n) is 8.28. The molecule has 222 valence electrons. The maximum atomic E-state index is 13.6. The molecule has 8 nitrogen and oxygen atoms in total. The summed E-state index contributed by atoms with van der Waals surface area (Å²) in [6.07, 6.45) is 13.5. The summed E-state index contributed by atoms with van der Waals surface area (Å²) in [6, 6.07) is 0.308. The number of thioether (sulfide) groups is 1. The van der Waals surface area contributed by atoms with E-state index >= 15 is 0 Å². The summed E-state index contributed by atoms with van der Waals surface area (Å²) in [6.45, 7) is 10.5. The van der Waals surface area contributed by atoms with Gasteiger partial charge in [0.25, 0.3) is 5.91 Å². The standard InChI is InChI=1S/C26H44N2O3S.C4H7NO2/c1-17(32-22-9-7-6-8-10-22)24(31-28(5)30-16-26(2,3)4)25(29)27-23-20-12-18-11-19(14-20)15-21(23)13-18;1-4(7)2-5-3-6/h18-23H,6-16H2,1-5H3,(H,27,29);3H,2H2,1H3,(H,5,6)/b24-17+;. The summed E-state index contributed by atoms with van der Waals surface area (Å²) in [4.78, 5) is 45.8. The number of carbonyl (C=O) groups is 3. The molecule has 0 aromatic carbocycles. The van der Waals surface area contributed by atoms with Crippen LogP contribution in [0.3, 0.4) is 0 Å². The first kappa shape index (κ1) is 31.9. The second kappa shape index (κ2) is 14.9. The van der Waals surface area contributed by atoms with E-state index in [1.54, 1.807) is 7.05 Å². The minimum absolute atomic E-state index is 0.0238. The zero-order chi connectivity index (χ0) is 28.6. The van der Waals surface area contributed by atoms with E-state index in [1.165, 1.54) is 76.4 Å². The summed E-state index contributed by atoms with van der Waals surface area (Å²) in [5.74, 6) is 3.43. The van der Waals surface area contributed by atoms with Gasteiger partial charge >= 0.3 is 0 Å². The number of amides is 2. The second-order valence-electron chi connectivity index (χ2n) is 13.3. The molecule has 0 atom stereocenters. The Bertz CT molecular complexity index is 837. The maximum Gasteiger partial charge on any atom is 0.290 e. The molecule has 0 aliphatic heterocycles. The van der Waals surface area contributed by atoms with E-state index in [4.69, 9.17) is 9.68 Å². The molecule has 5 rings (SSSR count). The predicted octanol–water partition coefficient (Wildman–Crippen LogP) is 5.39. The fraction of sp³-hybridized carbons (Fsp3) is 0.833. The van der Waals surface area contributed by atoms with Gasteiger partial charge in [-0.05, 0) is 93.1 Å². The molecule has 0 aromatic rings. The number of rotatable bonds is 11. The topological polar surface area (TPSA) is 97.0 Å². The Balaban J connectivity index is 0.000000532.